The molecular weight excluding hydrogens is 398 g/mol. The minimum atomic E-state index is -4.42. The maximum Gasteiger partial charge on any atom is 0.338 e. The first-order chi connectivity index (χ1) is 13.7. The molecular formula is C19H17N3O6S. The molecule has 0 bridgehead atoms. The highest BCUT2D eigenvalue weighted by Crippen LogP contribution is 2.16. The second kappa shape index (κ2) is 9.50. The third-order valence-electron chi connectivity index (χ3n) is 3.53. The Morgan fingerprint density at radius 1 is 1.17 bits per heavy atom. The van der Waals surface area contributed by atoms with Crippen molar-refractivity contribution in [3.8, 4) is 6.07 Å². The molecule has 0 saturated carbocycles. The lowest BCUT2D eigenvalue weighted by Crippen LogP contribution is -2.15. The summed E-state index contributed by atoms with van der Waals surface area (Å²) >= 11 is 0. The highest BCUT2D eigenvalue weighted by atomic mass is 32.2. The maximum absolute atomic E-state index is 12.2. The van der Waals surface area contributed by atoms with Gasteiger partial charge in [0.15, 0.2) is 0 Å². The van der Waals surface area contributed by atoms with Crippen molar-refractivity contribution in [3.63, 3.8) is 0 Å². The Labute approximate surface area is 167 Å². The van der Waals surface area contributed by atoms with E-state index in [9.17, 15) is 23.3 Å². The van der Waals surface area contributed by atoms with E-state index < -0.39 is 26.9 Å². The summed E-state index contributed by atoms with van der Waals surface area (Å²) in [5.74, 6) is -1.24. The van der Waals surface area contributed by atoms with Crippen molar-refractivity contribution in [1.29, 1.82) is 5.26 Å². The molecule has 0 aromatic heterocycles. The van der Waals surface area contributed by atoms with Gasteiger partial charge in [0.25, 0.3) is 16.0 Å². The van der Waals surface area contributed by atoms with E-state index in [0.717, 1.165) is 12.1 Å². The van der Waals surface area contributed by atoms with Gasteiger partial charge in [0.2, 0.25) is 0 Å². The molecule has 0 aliphatic carbocycles. The summed E-state index contributed by atoms with van der Waals surface area (Å²) in [5, 5.41) is 14.3. The van der Waals surface area contributed by atoms with E-state index in [0.29, 0.717) is 11.3 Å². The molecule has 0 atom stereocenters. The molecule has 0 unspecified atom stereocenters. The van der Waals surface area contributed by atoms with Crippen molar-refractivity contribution in [1.82, 2.24) is 0 Å². The van der Waals surface area contributed by atoms with E-state index in [1.165, 1.54) is 30.5 Å². The number of amides is 1. The van der Waals surface area contributed by atoms with Crippen LogP contribution in [0.15, 0.2) is 65.2 Å². The highest BCUT2D eigenvalue weighted by Gasteiger charge is 2.13. The van der Waals surface area contributed by atoms with Gasteiger partial charge in [0, 0.05) is 17.6 Å². The van der Waals surface area contributed by atoms with Crippen LogP contribution in [0.25, 0.3) is 0 Å². The van der Waals surface area contributed by atoms with Crippen LogP contribution in [0.4, 0.5) is 11.4 Å². The number of nitrogens with one attached hydrogen (secondary N) is 2. The number of esters is 1. The van der Waals surface area contributed by atoms with E-state index in [1.807, 2.05) is 0 Å². The van der Waals surface area contributed by atoms with Crippen LogP contribution < -0.4 is 10.6 Å². The largest absolute Gasteiger partial charge is 0.462 e. The van der Waals surface area contributed by atoms with Gasteiger partial charge in [-0.05, 0) is 49.4 Å². The SMILES string of the molecule is CCOC(=O)c1ccc(N/C=C(/C#N)C(=O)Nc2cccc(S(=O)(=O)O)c2)cc1. The molecule has 0 radical (unpaired) electrons. The van der Waals surface area contributed by atoms with Gasteiger partial charge in [-0.1, -0.05) is 6.07 Å². The normalized spacial score (nSPS) is 11.3. The number of anilines is 2. The van der Waals surface area contributed by atoms with Gasteiger partial charge in [0.05, 0.1) is 17.1 Å². The lowest BCUT2D eigenvalue weighted by atomic mass is 10.2. The first kappa shape index (κ1) is 21.6. The Morgan fingerprint density at radius 2 is 1.86 bits per heavy atom. The second-order valence-corrected chi connectivity index (χ2v) is 6.99. The van der Waals surface area contributed by atoms with Crippen LogP contribution in [0.1, 0.15) is 17.3 Å². The van der Waals surface area contributed by atoms with Gasteiger partial charge < -0.3 is 15.4 Å². The van der Waals surface area contributed by atoms with Crippen molar-refractivity contribution in [2.75, 3.05) is 17.2 Å². The minimum absolute atomic E-state index is 0.0880. The lowest BCUT2D eigenvalue weighted by molar-refractivity contribution is -0.112. The fourth-order valence-electron chi connectivity index (χ4n) is 2.15. The number of nitrogens with zero attached hydrogens (tertiary/aromatic N) is 1. The summed E-state index contributed by atoms with van der Waals surface area (Å²) in [6, 6.07) is 12.9. The van der Waals surface area contributed by atoms with Crippen molar-refractivity contribution in [3.05, 3.63) is 65.9 Å². The number of carbonyl (C=O) groups is 2. The van der Waals surface area contributed by atoms with Crippen LogP contribution in [0.3, 0.4) is 0 Å². The zero-order valence-electron chi connectivity index (χ0n) is 15.2. The summed E-state index contributed by atoms with van der Waals surface area (Å²) in [5.41, 5.74) is 0.687. The van der Waals surface area contributed by atoms with Crippen molar-refractivity contribution in [2.24, 2.45) is 0 Å². The quantitative estimate of drug-likeness (QED) is 0.271. The summed E-state index contributed by atoms with van der Waals surface area (Å²) in [6.07, 6.45) is 1.17. The maximum atomic E-state index is 12.2. The number of benzene rings is 2. The van der Waals surface area contributed by atoms with Gasteiger partial charge in [-0.15, -0.1) is 0 Å². The van der Waals surface area contributed by atoms with Crippen LogP contribution in [0.2, 0.25) is 0 Å². The Hall–Kier alpha value is -3.68. The van der Waals surface area contributed by atoms with Crippen LogP contribution in [0.5, 0.6) is 0 Å². The summed E-state index contributed by atoms with van der Waals surface area (Å²) < 4.78 is 36.3. The number of nitriles is 1. The first-order valence-electron chi connectivity index (χ1n) is 8.27. The van der Waals surface area contributed by atoms with Gasteiger partial charge >= 0.3 is 5.97 Å². The molecule has 150 valence electrons. The van der Waals surface area contributed by atoms with Gasteiger partial charge in [-0.3, -0.25) is 9.35 Å². The Morgan fingerprint density at radius 3 is 2.45 bits per heavy atom. The Bertz CT molecular complexity index is 1090. The predicted molar refractivity (Wildman–Crippen MR) is 105 cm³/mol. The van der Waals surface area contributed by atoms with Crippen LogP contribution in [0, 0.1) is 11.3 Å². The standard InChI is InChI=1S/C19H17N3O6S/c1-2-28-19(24)13-6-8-15(9-7-13)21-12-14(11-20)18(23)22-16-4-3-5-17(10-16)29(25,26)27/h3-10,12,21H,2H2,1H3,(H,22,23)(H,25,26,27)/b14-12-. The van der Waals surface area contributed by atoms with Crippen LogP contribution in [-0.2, 0) is 19.6 Å². The number of ether oxygens (including phenoxy) is 1. The fraction of sp³-hybridized carbons (Fsp3) is 0.105. The highest BCUT2D eigenvalue weighted by molar-refractivity contribution is 7.85. The molecule has 0 spiro atoms. The first-order valence-corrected chi connectivity index (χ1v) is 9.71. The van der Waals surface area contributed by atoms with E-state index >= 15 is 0 Å². The van der Waals surface area contributed by atoms with Gasteiger partial charge in [-0.25, -0.2) is 4.79 Å². The van der Waals surface area contributed by atoms with Crippen molar-refractivity contribution < 1.29 is 27.3 Å². The minimum Gasteiger partial charge on any atom is -0.462 e. The molecule has 9 nitrogen and oxygen atoms in total. The van der Waals surface area contributed by atoms with Crippen LogP contribution >= 0.6 is 0 Å². The summed E-state index contributed by atoms with van der Waals surface area (Å²) in [7, 11) is -4.42. The zero-order valence-corrected chi connectivity index (χ0v) is 16.1. The fourth-order valence-corrected chi connectivity index (χ4v) is 2.68. The molecule has 0 saturated heterocycles. The molecule has 0 aliphatic rings. The summed E-state index contributed by atoms with van der Waals surface area (Å²) in [4.78, 5) is 23.4. The average molecular weight is 415 g/mol. The van der Waals surface area contributed by atoms with Crippen molar-refractivity contribution >= 4 is 33.4 Å². The van der Waals surface area contributed by atoms with Gasteiger partial charge in [0.1, 0.15) is 11.6 Å². The third-order valence-corrected chi connectivity index (χ3v) is 4.38. The van der Waals surface area contributed by atoms with E-state index in [-0.39, 0.29) is 17.9 Å². The Balaban J connectivity index is 2.09. The monoisotopic (exact) mass is 415 g/mol. The third kappa shape index (κ3) is 6.17. The van der Waals surface area contributed by atoms with E-state index in [2.05, 4.69) is 10.6 Å². The van der Waals surface area contributed by atoms with E-state index in [1.54, 1.807) is 25.1 Å². The van der Waals surface area contributed by atoms with Crippen LogP contribution in [-0.4, -0.2) is 31.5 Å². The topological polar surface area (TPSA) is 146 Å². The smallest absolute Gasteiger partial charge is 0.338 e. The number of carbonyl (C=O) groups excluding carboxylic acids is 2. The molecule has 0 fully saturated rings. The molecule has 2 aromatic rings. The second-order valence-electron chi connectivity index (χ2n) is 5.57. The predicted octanol–water partition coefficient (Wildman–Crippen LogP) is 2.57. The van der Waals surface area contributed by atoms with E-state index in [4.69, 9.17) is 9.29 Å². The molecule has 0 heterocycles. The Kier molecular flexibility index (Phi) is 7.08. The molecule has 3 N–H and O–H groups in total. The molecule has 10 heteroatoms. The van der Waals surface area contributed by atoms with Gasteiger partial charge in [-0.2, -0.15) is 13.7 Å². The zero-order chi connectivity index (χ0) is 21.4. The average Bonchev–Trinajstić information content (AvgIpc) is 2.68. The molecule has 2 rings (SSSR count). The summed E-state index contributed by atoms with van der Waals surface area (Å²) in [6.45, 7) is 1.96. The number of hydrogen-bond donors (Lipinski definition) is 3. The number of rotatable bonds is 7. The molecule has 2 aromatic carbocycles. The molecule has 29 heavy (non-hydrogen) atoms. The lowest BCUT2D eigenvalue weighted by Gasteiger charge is -2.07. The molecule has 0 aliphatic heterocycles. The van der Waals surface area contributed by atoms with Crippen molar-refractivity contribution in [2.45, 2.75) is 11.8 Å². The molecule has 1 amide bonds. The number of hydrogen-bond acceptors (Lipinski definition) is 7.